The minimum atomic E-state index is -0.377. The summed E-state index contributed by atoms with van der Waals surface area (Å²) >= 11 is 0. The second-order valence-electron chi connectivity index (χ2n) is 9.79. The zero-order chi connectivity index (χ0) is 23.7. The first-order valence-corrected chi connectivity index (χ1v) is 12.0. The summed E-state index contributed by atoms with van der Waals surface area (Å²) < 4.78 is 7.20. The summed E-state index contributed by atoms with van der Waals surface area (Å²) in [4.78, 5) is 38.9. The number of hydrogen-bond donors (Lipinski definition) is 0. The maximum Gasteiger partial charge on any atom is 0.340 e. The molecule has 7 nitrogen and oxygen atoms in total. The lowest BCUT2D eigenvalue weighted by molar-refractivity contribution is -0.140. The molecule has 7 heteroatoms. The summed E-state index contributed by atoms with van der Waals surface area (Å²) in [5.41, 5.74) is 3.75. The number of carbonyl (C=O) groups excluding carboxylic acids is 3. The van der Waals surface area contributed by atoms with Gasteiger partial charge in [-0.3, -0.25) is 9.59 Å². The molecule has 6 atom stereocenters. The summed E-state index contributed by atoms with van der Waals surface area (Å²) in [7, 11) is 0. The lowest BCUT2D eigenvalue weighted by atomic mass is 9.63. The molecule has 2 amide bonds. The molecule has 0 radical (unpaired) electrons. The first kappa shape index (κ1) is 21.1. The van der Waals surface area contributed by atoms with Crippen LogP contribution in [0.5, 0.6) is 0 Å². The fourth-order valence-corrected chi connectivity index (χ4v) is 6.51. The second-order valence-corrected chi connectivity index (χ2v) is 9.79. The standard InChI is InChI=1S/C27H27N3O4/c1-4-34-27(33)19-7-5-6-8-22(19)29-14(2)11-16(15(29)3)13-28-30-25(31)23-17-9-10-18(21-12-20(17)21)24(23)26(30)32/h5-11,13,17-18,20-21,23-24H,4,12H2,1-3H3/b28-13-/t17-,18-,20-,21-,23-,24+/m0/s1. The highest BCUT2D eigenvalue weighted by molar-refractivity contribution is 6.06. The molecule has 4 aliphatic carbocycles. The molecule has 174 valence electrons. The number of aryl methyl sites for hydroxylation is 1. The van der Waals surface area contributed by atoms with Crippen LogP contribution in [0.2, 0.25) is 0 Å². The lowest BCUT2D eigenvalue weighted by Crippen LogP contribution is -2.40. The van der Waals surface area contributed by atoms with E-state index in [1.165, 1.54) is 0 Å². The smallest absolute Gasteiger partial charge is 0.340 e. The molecule has 7 rings (SSSR count). The van der Waals surface area contributed by atoms with Crippen LogP contribution >= 0.6 is 0 Å². The minimum Gasteiger partial charge on any atom is -0.462 e. The summed E-state index contributed by atoms with van der Waals surface area (Å²) in [6, 6.07) is 9.25. The molecule has 1 aliphatic heterocycles. The van der Waals surface area contributed by atoms with Gasteiger partial charge in [-0.25, -0.2) is 4.79 Å². The Hall–Kier alpha value is -3.48. The van der Waals surface area contributed by atoms with Gasteiger partial charge in [0.25, 0.3) is 11.8 Å². The molecule has 3 fully saturated rings. The Morgan fingerprint density at radius 1 is 1.09 bits per heavy atom. The van der Waals surface area contributed by atoms with Gasteiger partial charge in [0.05, 0.1) is 35.9 Å². The maximum atomic E-state index is 13.2. The Bertz CT molecular complexity index is 1250. The van der Waals surface area contributed by atoms with Crippen molar-refractivity contribution < 1.29 is 19.1 Å². The van der Waals surface area contributed by atoms with Crippen molar-refractivity contribution in [1.29, 1.82) is 0 Å². The molecule has 2 saturated carbocycles. The van der Waals surface area contributed by atoms with Crippen LogP contribution in [0, 0.1) is 49.4 Å². The van der Waals surface area contributed by atoms with Gasteiger partial charge < -0.3 is 9.30 Å². The number of carbonyl (C=O) groups is 3. The zero-order valence-corrected chi connectivity index (χ0v) is 19.5. The maximum absolute atomic E-state index is 13.2. The summed E-state index contributed by atoms with van der Waals surface area (Å²) in [5, 5.41) is 5.49. The van der Waals surface area contributed by atoms with Crippen molar-refractivity contribution in [3.8, 4) is 5.69 Å². The van der Waals surface area contributed by atoms with Gasteiger partial charge in [-0.05, 0) is 69.1 Å². The van der Waals surface area contributed by atoms with E-state index >= 15 is 0 Å². The fraction of sp³-hybridized carbons (Fsp3) is 0.407. The van der Waals surface area contributed by atoms with E-state index in [0.717, 1.165) is 34.1 Å². The molecule has 2 heterocycles. The molecule has 34 heavy (non-hydrogen) atoms. The van der Waals surface area contributed by atoms with E-state index in [1.54, 1.807) is 19.2 Å². The van der Waals surface area contributed by atoms with Crippen LogP contribution in [0.15, 0.2) is 47.6 Å². The first-order valence-electron chi connectivity index (χ1n) is 12.0. The van der Waals surface area contributed by atoms with Crippen molar-refractivity contribution >= 4 is 24.0 Å². The predicted molar refractivity (Wildman–Crippen MR) is 125 cm³/mol. The molecule has 2 aromatic rings. The van der Waals surface area contributed by atoms with E-state index in [9.17, 15) is 14.4 Å². The van der Waals surface area contributed by atoms with Crippen LogP contribution in [0.3, 0.4) is 0 Å². The van der Waals surface area contributed by atoms with E-state index in [4.69, 9.17) is 4.74 Å². The molecule has 1 aromatic heterocycles. The van der Waals surface area contributed by atoms with E-state index in [1.807, 2.05) is 42.7 Å². The van der Waals surface area contributed by atoms with Crippen LogP contribution in [0.4, 0.5) is 0 Å². The molecule has 2 bridgehead atoms. The van der Waals surface area contributed by atoms with Crippen molar-refractivity contribution in [3.05, 3.63) is 65.0 Å². The van der Waals surface area contributed by atoms with Crippen molar-refractivity contribution in [2.24, 2.45) is 40.6 Å². The number of para-hydroxylation sites is 1. The third-order valence-corrected chi connectivity index (χ3v) is 8.06. The number of hydrogen-bond acceptors (Lipinski definition) is 5. The number of amides is 2. The monoisotopic (exact) mass is 457 g/mol. The fourth-order valence-electron chi connectivity index (χ4n) is 6.51. The van der Waals surface area contributed by atoms with Gasteiger partial charge in [0, 0.05) is 17.0 Å². The summed E-state index contributed by atoms with van der Waals surface area (Å²) in [6.45, 7) is 5.96. The molecule has 5 aliphatic rings. The van der Waals surface area contributed by atoms with Crippen molar-refractivity contribution in [2.45, 2.75) is 27.2 Å². The van der Waals surface area contributed by atoms with Gasteiger partial charge in [-0.1, -0.05) is 24.3 Å². The Balaban J connectivity index is 1.30. The Morgan fingerprint density at radius 2 is 1.74 bits per heavy atom. The third-order valence-electron chi connectivity index (χ3n) is 8.06. The molecule has 1 saturated heterocycles. The van der Waals surface area contributed by atoms with Crippen LogP contribution in [0.1, 0.15) is 40.7 Å². The number of ether oxygens (including phenoxy) is 1. The molecule has 0 N–H and O–H groups in total. The van der Waals surface area contributed by atoms with Crippen molar-refractivity contribution in [2.75, 3.05) is 6.61 Å². The number of rotatable bonds is 5. The number of imide groups is 1. The predicted octanol–water partition coefficient (Wildman–Crippen LogP) is 3.66. The van der Waals surface area contributed by atoms with Gasteiger partial charge in [0.15, 0.2) is 0 Å². The zero-order valence-electron chi connectivity index (χ0n) is 19.5. The Morgan fingerprint density at radius 3 is 2.38 bits per heavy atom. The summed E-state index contributed by atoms with van der Waals surface area (Å²) in [6.07, 6.45) is 7.05. The van der Waals surface area contributed by atoms with Gasteiger partial charge in [-0.2, -0.15) is 10.1 Å². The van der Waals surface area contributed by atoms with Gasteiger partial charge in [-0.15, -0.1) is 0 Å². The highest BCUT2D eigenvalue weighted by Gasteiger charge is 2.67. The molecule has 0 spiro atoms. The SMILES string of the molecule is CCOC(=O)c1ccccc1-n1c(C)cc(/C=N\N2C(=O)[C@@H]3[C@H]4C=C[C@@H]([C@@H]5C[C@@H]45)[C@@H]3C2=O)c1C. The number of esters is 1. The average Bonchev–Trinajstić information content (AvgIpc) is 3.56. The summed E-state index contributed by atoms with van der Waals surface area (Å²) in [5.74, 6) is 0.264. The number of allylic oxidation sites excluding steroid dienone is 2. The van der Waals surface area contributed by atoms with Gasteiger partial charge in [0.1, 0.15) is 0 Å². The largest absolute Gasteiger partial charge is 0.462 e. The quantitative estimate of drug-likeness (QED) is 0.297. The molecule has 1 aromatic carbocycles. The van der Waals surface area contributed by atoms with Crippen LogP contribution in [-0.4, -0.2) is 40.2 Å². The topological polar surface area (TPSA) is 81.0 Å². The number of hydrazone groups is 1. The van der Waals surface area contributed by atoms with E-state index in [2.05, 4.69) is 17.3 Å². The molecule has 0 unspecified atom stereocenters. The Kier molecular flexibility index (Phi) is 4.66. The highest BCUT2D eigenvalue weighted by Crippen LogP contribution is 2.65. The number of aromatic nitrogens is 1. The normalized spacial score (nSPS) is 30.7. The van der Waals surface area contributed by atoms with Crippen LogP contribution in [0.25, 0.3) is 5.69 Å². The highest BCUT2D eigenvalue weighted by atomic mass is 16.5. The van der Waals surface area contributed by atoms with Crippen molar-refractivity contribution in [3.63, 3.8) is 0 Å². The second kappa shape index (κ2) is 7.52. The van der Waals surface area contributed by atoms with E-state index in [0.29, 0.717) is 24.0 Å². The van der Waals surface area contributed by atoms with Gasteiger partial charge >= 0.3 is 5.97 Å². The van der Waals surface area contributed by atoms with Crippen LogP contribution < -0.4 is 0 Å². The molecular weight excluding hydrogens is 430 g/mol. The van der Waals surface area contributed by atoms with E-state index in [-0.39, 0.29) is 41.5 Å². The average molecular weight is 458 g/mol. The minimum absolute atomic E-state index is 0.169. The number of nitrogens with zero attached hydrogens (tertiary/aromatic N) is 3. The van der Waals surface area contributed by atoms with Gasteiger partial charge in [0.2, 0.25) is 0 Å². The number of benzene rings is 1. The first-order chi connectivity index (χ1) is 16.4. The molecular formula is C27H27N3O4. The Labute approximate surface area is 198 Å². The third kappa shape index (κ3) is 2.89. The van der Waals surface area contributed by atoms with E-state index < -0.39 is 0 Å². The van der Waals surface area contributed by atoms with Crippen LogP contribution in [-0.2, 0) is 14.3 Å². The van der Waals surface area contributed by atoms with Crippen molar-refractivity contribution in [1.82, 2.24) is 9.58 Å². The lowest BCUT2D eigenvalue weighted by Gasteiger charge is -2.37.